The Morgan fingerprint density at radius 2 is 2.00 bits per heavy atom. The number of rotatable bonds is 6. The van der Waals surface area contributed by atoms with E-state index in [0.717, 1.165) is 30.4 Å². The van der Waals surface area contributed by atoms with Crippen molar-refractivity contribution >= 4 is 11.6 Å². The van der Waals surface area contributed by atoms with E-state index in [9.17, 15) is 0 Å². The van der Waals surface area contributed by atoms with E-state index in [-0.39, 0.29) is 0 Å². The van der Waals surface area contributed by atoms with E-state index >= 15 is 0 Å². The van der Waals surface area contributed by atoms with Crippen LogP contribution in [0.2, 0.25) is 5.02 Å². The lowest BCUT2D eigenvalue weighted by atomic mass is 10.2. The Labute approximate surface area is 118 Å². The van der Waals surface area contributed by atoms with Crippen molar-refractivity contribution in [1.29, 1.82) is 0 Å². The molecule has 0 saturated carbocycles. The second kappa shape index (κ2) is 6.64. The molecule has 1 heterocycles. The third-order valence-corrected chi connectivity index (χ3v) is 3.08. The number of ether oxygens (including phenoxy) is 1. The Hall–Kier alpha value is -1.45. The number of halogens is 1. The van der Waals surface area contributed by atoms with Crippen molar-refractivity contribution in [3.63, 3.8) is 0 Å². The molecule has 0 saturated heterocycles. The molecule has 0 aliphatic carbocycles. The fourth-order valence-corrected chi connectivity index (χ4v) is 1.91. The van der Waals surface area contributed by atoms with Crippen LogP contribution in [0.4, 0.5) is 0 Å². The Morgan fingerprint density at radius 1 is 1.26 bits per heavy atom. The average Bonchev–Trinajstić information content (AvgIpc) is 2.76. The third kappa shape index (κ3) is 4.01. The molecule has 0 aliphatic rings. The van der Waals surface area contributed by atoms with Gasteiger partial charge in [0, 0.05) is 17.1 Å². The predicted octanol–water partition coefficient (Wildman–Crippen LogP) is 3.93. The molecule has 0 fully saturated rings. The quantitative estimate of drug-likeness (QED) is 0.870. The zero-order valence-corrected chi connectivity index (χ0v) is 12.0. The summed E-state index contributed by atoms with van der Waals surface area (Å²) in [5.74, 6) is 2.56. The number of nitrogens with one attached hydrogen (secondary N) is 1. The molecule has 4 heteroatoms. The second-order valence-corrected chi connectivity index (χ2v) is 4.75. The summed E-state index contributed by atoms with van der Waals surface area (Å²) in [7, 11) is 0. The van der Waals surface area contributed by atoms with Crippen molar-refractivity contribution in [3.8, 4) is 5.75 Å². The highest BCUT2D eigenvalue weighted by Gasteiger charge is 2.07. The Morgan fingerprint density at radius 3 is 2.68 bits per heavy atom. The first-order valence-electron chi connectivity index (χ1n) is 6.36. The standard InChI is InChI=1S/C15H18ClNO2/c1-3-17-9-12-8-15(19-11(12)2)10-18-14-6-4-13(16)5-7-14/h4-8,17H,3,9-10H2,1-2H3. The van der Waals surface area contributed by atoms with Crippen LogP contribution in [0.5, 0.6) is 5.75 Å². The second-order valence-electron chi connectivity index (χ2n) is 4.32. The van der Waals surface area contributed by atoms with E-state index < -0.39 is 0 Å². The molecule has 0 spiro atoms. The summed E-state index contributed by atoms with van der Waals surface area (Å²) >= 11 is 5.82. The molecule has 1 aromatic carbocycles. The highest BCUT2D eigenvalue weighted by atomic mass is 35.5. The minimum atomic E-state index is 0.425. The molecule has 0 aliphatic heterocycles. The van der Waals surface area contributed by atoms with E-state index in [1.54, 1.807) is 12.1 Å². The normalized spacial score (nSPS) is 10.7. The van der Waals surface area contributed by atoms with Crippen LogP contribution in [0, 0.1) is 6.92 Å². The lowest BCUT2D eigenvalue weighted by Crippen LogP contribution is -2.11. The molecule has 0 unspecified atom stereocenters. The molecule has 0 bridgehead atoms. The van der Waals surface area contributed by atoms with Gasteiger partial charge in [0.25, 0.3) is 0 Å². The van der Waals surface area contributed by atoms with Gasteiger partial charge < -0.3 is 14.5 Å². The maximum Gasteiger partial charge on any atom is 0.146 e. The van der Waals surface area contributed by atoms with Crippen LogP contribution < -0.4 is 10.1 Å². The average molecular weight is 280 g/mol. The minimum absolute atomic E-state index is 0.425. The van der Waals surface area contributed by atoms with E-state index in [2.05, 4.69) is 12.2 Å². The van der Waals surface area contributed by atoms with Gasteiger partial charge in [-0.1, -0.05) is 18.5 Å². The number of aryl methyl sites for hydroxylation is 1. The highest BCUT2D eigenvalue weighted by molar-refractivity contribution is 6.30. The molecule has 0 atom stereocenters. The summed E-state index contributed by atoms with van der Waals surface area (Å²) in [5.41, 5.74) is 1.18. The van der Waals surface area contributed by atoms with Gasteiger partial charge in [0.05, 0.1) is 0 Å². The highest BCUT2D eigenvalue weighted by Crippen LogP contribution is 2.19. The summed E-state index contributed by atoms with van der Waals surface area (Å²) in [5, 5.41) is 3.99. The van der Waals surface area contributed by atoms with Gasteiger partial charge in [0.2, 0.25) is 0 Å². The summed E-state index contributed by atoms with van der Waals surface area (Å²) in [4.78, 5) is 0. The van der Waals surface area contributed by atoms with E-state index in [0.29, 0.717) is 11.6 Å². The van der Waals surface area contributed by atoms with E-state index in [4.69, 9.17) is 20.8 Å². The van der Waals surface area contributed by atoms with Crippen LogP contribution in [0.1, 0.15) is 24.0 Å². The van der Waals surface area contributed by atoms with Gasteiger partial charge in [-0.2, -0.15) is 0 Å². The van der Waals surface area contributed by atoms with Crippen LogP contribution in [-0.2, 0) is 13.2 Å². The van der Waals surface area contributed by atoms with Crippen molar-refractivity contribution in [2.45, 2.75) is 27.0 Å². The molecule has 19 heavy (non-hydrogen) atoms. The first-order chi connectivity index (χ1) is 9.19. The monoisotopic (exact) mass is 279 g/mol. The summed E-state index contributed by atoms with van der Waals surface area (Å²) in [6.07, 6.45) is 0. The first kappa shape index (κ1) is 14.0. The molecule has 0 radical (unpaired) electrons. The fraction of sp³-hybridized carbons (Fsp3) is 0.333. The van der Waals surface area contributed by atoms with Crippen LogP contribution in [-0.4, -0.2) is 6.54 Å². The molecule has 102 valence electrons. The zero-order valence-electron chi connectivity index (χ0n) is 11.2. The van der Waals surface area contributed by atoms with Gasteiger partial charge >= 0.3 is 0 Å². The number of hydrogen-bond acceptors (Lipinski definition) is 3. The van der Waals surface area contributed by atoms with Crippen molar-refractivity contribution in [1.82, 2.24) is 5.32 Å². The molecular formula is C15H18ClNO2. The zero-order chi connectivity index (χ0) is 13.7. The number of furan rings is 1. The summed E-state index contributed by atoms with van der Waals surface area (Å²) in [6.45, 7) is 6.25. The van der Waals surface area contributed by atoms with Crippen molar-refractivity contribution < 1.29 is 9.15 Å². The number of hydrogen-bond donors (Lipinski definition) is 1. The molecule has 2 aromatic rings. The lowest BCUT2D eigenvalue weighted by Gasteiger charge is -2.03. The maximum atomic E-state index is 5.82. The minimum Gasteiger partial charge on any atom is -0.486 e. The van der Waals surface area contributed by atoms with Gasteiger partial charge in [0.15, 0.2) is 0 Å². The summed E-state index contributed by atoms with van der Waals surface area (Å²) in [6, 6.07) is 9.34. The van der Waals surface area contributed by atoms with Gasteiger partial charge in [-0.25, -0.2) is 0 Å². The Bertz CT molecular complexity index is 519. The molecule has 1 aromatic heterocycles. The predicted molar refractivity (Wildman–Crippen MR) is 76.6 cm³/mol. The topological polar surface area (TPSA) is 34.4 Å². The SMILES string of the molecule is CCNCc1cc(COc2ccc(Cl)cc2)oc1C. The van der Waals surface area contributed by atoms with Gasteiger partial charge in [0.1, 0.15) is 23.9 Å². The van der Waals surface area contributed by atoms with Crippen molar-refractivity contribution in [2.75, 3.05) is 6.54 Å². The largest absolute Gasteiger partial charge is 0.486 e. The van der Waals surface area contributed by atoms with E-state index in [1.165, 1.54) is 5.56 Å². The van der Waals surface area contributed by atoms with Gasteiger partial charge in [-0.05, 0) is 43.8 Å². The molecular weight excluding hydrogens is 262 g/mol. The molecule has 2 rings (SSSR count). The first-order valence-corrected chi connectivity index (χ1v) is 6.74. The van der Waals surface area contributed by atoms with Crippen molar-refractivity contribution in [2.24, 2.45) is 0 Å². The third-order valence-electron chi connectivity index (χ3n) is 2.83. The Balaban J connectivity index is 1.94. The lowest BCUT2D eigenvalue weighted by molar-refractivity contribution is 0.267. The smallest absolute Gasteiger partial charge is 0.146 e. The Kier molecular flexibility index (Phi) is 4.88. The number of benzene rings is 1. The molecule has 1 N–H and O–H groups in total. The van der Waals surface area contributed by atoms with Crippen LogP contribution >= 0.6 is 11.6 Å². The molecule has 3 nitrogen and oxygen atoms in total. The van der Waals surface area contributed by atoms with Crippen molar-refractivity contribution in [3.05, 3.63) is 52.4 Å². The van der Waals surface area contributed by atoms with E-state index in [1.807, 2.05) is 25.1 Å². The van der Waals surface area contributed by atoms with Crippen LogP contribution in [0.3, 0.4) is 0 Å². The maximum absolute atomic E-state index is 5.82. The van der Waals surface area contributed by atoms with Crippen LogP contribution in [0.15, 0.2) is 34.7 Å². The fourth-order valence-electron chi connectivity index (χ4n) is 1.78. The van der Waals surface area contributed by atoms with Crippen LogP contribution in [0.25, 0.3) is 0 Å². The molecule has 0 amide bonds. The van der Waals surface area contributed by atoms with Gasteiger partial charge in [-0.3, -0.25) is 0 Å². The summed E-state index contributed by atoms with van der Waals surface area (Å²) < 4.78 is 11.3. The van der Waals surface area contributed by atoms with Gasteiger partial charge in [-0.15, -0.1) is 0 Å².